The molecule has 0 spiro atoms. The van der Waals surface area contributed by atoms with Crippen molar-refractivity contribution in [2.24, 2.45) is 0 Å². The fourth-order valence-corrected chi connectivity index (χ4v) is 26.8. The van der Waals surface area contributed by atoms with Crippen LogP contribution < -0.4 is 41.4 Å². The van der Waals surface area contributed by atoms with Crippen molar-refractivity contribution in [2.45, 2.75) is 58.5 Å². The molecule has 4 heterocycles. The molecule has 0 N–H and O–H groups in total. The first-order valence-electron chi connectivity index (χ1n) is 9.85. The SMILES string of the molecule is Cl[Te]1(Cl)c2cccc[n+]2[C@@H]2CCC[C@@H]21.Cl[Te]1(Cl)c2cccc[n+]2[C@H]2CCC[C@H]21.[Cl-].[Cl-]. The van der Waals surface area contributed by atoms with Crippen LogP contribution >= 0.6 is 35.9 Å². The Labute approximate surface area is 214 Å². The van der Waals surface area contributed by atoms with Crippen LogP contribution in [0.4, 0.5) is 0 Å². The second-order valence-electron chi connectivity index (χ2n) is 7.98. The molecule has 0 amide bonds. The molecule has 30 heavy (non-hydrogen) atoms. The summed E-state index contributed by atoms with van der Waals surface area (Å²) in [6.07, 6.45) is 11.9. The number of halogens is 6. The van der Waals surface area contributed by atoms with E-state index in [1.165, 1.54) is 46.0 Å². The predicted molar refractivity (Wildman–Crippen MR) is 121 cm³/mol. The van der Waals surface area contributed by atoms with Gasteiger partial charge < -0.3 is 24.8 Å². The number of nitrogens with zero attached hydrogens (tertiary/aromatic N) is 2. The average molecular weight is 760 g/mol. The molecule has 0 aromatic carbocycles. The number of hydrogen-bond acceptors (Lipinski definition) is 0. The molecular formula is C20H24Cl6N2Te2. The summed E-state index contributed by atoms with van der Waals surface area (Å²) < 4.78 is 8.41. The summed E-state index contributed by atoms with van der Waals surface area (Å²) in [7, 11) is 26.5. The van der Waals surface area contributed by atoms with Gasteiger partial charge in [0.15, 0.2) is 0 Å². The zero-order valence-corrected chi connectivity index (χ0v) is 25.3. The molecule has 0 bridgehead atoms. The van der Waals surface area contributed by atoms with Crippen LogP contribution in [0.25, 0.3) is 0 Å². The molecule has 2 nitrogen and oxygen atoms in total. The van der Waals surface area contributed by atoms with Crippen molar-refractivity contribution in [3.05, 3.63) is 48.8 Å². The van der Waals surface area contributed by atoms with E-state index >= 15 is 0 Å². The van der Waals surface area contributed by atoms with Crippen molar-refractivity contribution in [1.82, 2.24) is 0 Å². The molecule has 168 valence electrons. The monoisotopic (exact) mass is 762 g/mol. The van der Waals surface area contributed by atoms with Gasteiger partial charge in [-0.05, 0) is 0 Å². The van der Waals surface area contributed by atoms with Crippen molar-refractivity contribution >= 4 is 75.2 Å². The number of pyridine rings is 2. The van der Waals surface area contributed by atoms with E-state index < -0.39 is 31.9 Å². The Kier molecular flexibility index (Phi) is 8.81. The van der Waals surface area contributed by atoms with E-state index in [9.17, 15) is 0 Å². The van der Waals surface area contributed by atoms with E-state index in [2.05, 4.69) is 57.9 Å². The van der Waals surface area contributed by atoms with Gasteiger partial charge in [0.2, 0.25) is 0 Å². The Balaban J connectivity index is 0.000000160. The van der Waals surface area contributed by atoms with E-state index in [0.29, 0.717) is 20.0 Å². The Bertz CT molecular complexity index is 839. The van der Waals surface area contributed by atoms with Gasteiger partial charge in [-0.1, -0.05) is 0 Å². The third-order valence-electron chi connectivity index (χ3n) is 6.57. The summed E-state index contributed by atoms with van der Waals surface area (Å²) >= 11 is -5.48. The number of hydrogen-bond donors (Lipinski definition) is 0. The van der Waals surface area contributed by atoms with Gasteiger partial charge in [-0.15, -0.1) is 0 Å². The first kappa shape index (κ1) is 26.2. The minimum Gasteiger partial charge on any atom is -1.00 e. The van der Waals surface area contributed by atoms with Crippen LogP contribution in [0, 0.1) is 0 Å². The van der Waals surface area contributed by atoms with Gasteiger partial charge in [0, 0.05) is 0 Å². The number of fused-ring (bicyclic) bond motifs is 6. The van der Waals surface area contributed by atoms with Crippen LogP contribution in [-0.4, -0.2) is 31.9 Å². The fraction of sp³-hybridized carbons (Fsp3) is 0.500. The van der Waals surface area contributed by atoms with Gasteiger partial charge in [-0.2, -0.15) is 0 Å². The van der Waals surface area contributed by atoms with Crippen LogP contribution in [0.15, 0.2) is 48.8 Å². The average Bonchev–Trinajstić information content (AvgIpc) is 3.44. The van der Waals surface area contributed by atoms with Crippen molar-refractivity contribution in [1.29, 1.82) is 0 Å². The number of aromatic nitrogens is 2. The van der Waals surface area contributed by atoms with E-state index in [4.69, 9.17) is 35.9 Å². The maximum atomic E-state index is 6.63. The molecule has 6 rings (SSSR count). The van der Waals surface area contributed by atoms with Gasteiger partial charge in [-0.25, -0.2) is 0 Å². The Hall–Kier alpha value is 1.62. The summed E-state index contributed by atoms with van der Waals surface area (Å²) in [6, 6.07) is 13.7. The van der Waals surface area contributed by atoms with Crippen molar-refractivity contribution in [2.75, 3.05) is 0 Å². The molecule has 4 atom stereocenters. The molecule has 2 fully saturated rings. The quantitative estimate of drug-likeness (QED) is 0.227. The van der Waals surface area contributed by atoms with Gasteiger partial charge in [-0.3, -0.25) is 0 Å². The number of rotatable bonds is 0. The zero-order chi connectivity index (χ0) is 19.5. The van der Waals surface area contributed by atoms with Crippen LogP contribution in [-0.2, 0) is 0 Å². The van der Waals surface area contributed by atoms with Crippen LogP contribution in [0.2, 0.25) is 7.93 Å². The van der Waals surface area contributed by atoms with Gasteiger partial charge in [0.25, 0.3) is 0 Å². The van der Waals surface area contributed by atoms with Crippen LogP contribution in [0.3, 0.4) is 0 Å². The Morgan fingerprint density at radius 2 is 1.03 bits per heavy atom. The van der Waals surface area contributed by atoms with Gasteiger partial charge in [0.1, 0.15) is 0 Å². The molecule has 0 radical (unpaired) electrons. The van der Waals surface area contributed by atoms with Crippen molar-refractivity contribution in [3.63, 3.8) is 0 Å². The summed E-state index contributed by atoms with van der Waals surface area (Å²) in [5.74, 6) is 0. The van der Waals surface area contributed by atoms with E-state index in [1.807, 2.05) is 0 Å². The Morgan fingerprint density at radius 1 is 0.633 bits per heavy atom. The second kappa shape index (κ2) is 10.1. The predicted octanol–water partition coefficient (Wildman–Crippen LogP) is -1.57. The smallest absolute Gasteiger partial charge is 1.00 e. The summed E-state index contributed by atoms with van der Waals surface area (Å²) in [5.41, 5.74) is 0. The molecule has 4 aliphatic rings. The molecule has 0 saturated heterocycles. The summed E-state index contributed by atoms with van der Waals surface area (Å²) in [4.78, 5) is 0. The fourth-order valence-electron chi connectivity index (χ4n) is 5.34. The maximum absolute atomic E-state index is 6.63. The standard InChI is InChI=1S/2C10H12Cl2NTe.2ClH/c2*11-14(12)9-5-3-4-8(9)13-7-2-1-6-10(13)14;;/h2*1-2,6-9H,3-5H2;2*1H/q2*+1;;/p-2/t2*8-,9+;;/m10../s1. The summed E-state index contributed by atoms with van der Waals surface area (Å²) in [6.45, 7) is 0. The molecular weight excluding hydrogens is 736 g/mol. The van der Waals surface area contributed by atoms with Gasteiger partial charge >= 0.3 is 192 Å². The molecule has 2 aromatic rings. The Morgan fingerprint density at radius 3 is 1.43 bits per heavy atom. The largest absolute Gasteiger partial charge is 1.00 e. The van der Waals surface area contributed by atoms with Crippen LogP contribution in [0.1, 0.15) is 50.6 Å². The van der Waals surface area contributed by atoms with Crippen molar-refractivity contribution in [3.8, 4) is 0 Å². The van der Waals surface area contributed by atoms with Crippen molar-refractivity contribution < 1.29 is 33.9 Å². The molecule has 2 saturated carbocycles. The third-order valence-corrected chi connectivity index (χ3v) is 29.6. The van der Waals surface area contributed by atoms with E-state index in [1.54, 1.807) is 0 Å². The molecule has 10 heteroatoms. The van der Waals surface area contributed by atoms with E-state index in [-0.39, 0.29) is 24.8 Å². The second-order valence-corrected chi connectivity index (χ2v) is 34.8. The first-order chi connectivity index (χ1) is 13.4. The normalized spacial score (nSPS) is 32.7. The molecule has 2 aliphatic carbocycles. The minimum atomic E-state index is -2.74. The van der Waals surface area contributed by atoms with Gasteiger partial charge in [0.05, 0.1) is 0 Å². The first-order valence-corrected chi connectivity index (χ1v) is 26.7. The summed E-state index contributed by atoms with van der Waals surface area (Å²) in [5, 5.41) is 0. The molecule has 2 aromatic heterocycles. The minimum absolute atomic E-state index is 0. The topological polar surface area (TPSA) is 7.76 Å². The zero-order valence-electron chi connectivity index (χ0n) is 16.1. The third kappa shape index (κ3) is 4.24. The van der Waals surface area contributed by atoms with E-state index in [0.717, 1.165) is 0 Å². The maximum Gasteiger partial charge on any atom is -1.00 e. The molecule has 2 aliphatic heterocycles. The van der Waals surface area contributed by atoms with Crippen LogP contribution in [0.5, 0.6) is 0 Å². The molecule has 0 unspecified atom stereocenters.